The zero-order valence-electron chi connectivity index (χ0n) is 9.32. The minimum atomic E-state index is -0.430. The first-order valence-electron chi connectivity index (χ1n) is 5.23. The number of pyridine rings is 1. The summed E-state index contributed by atoms with van der Waals surface area (Å²) in [5.41, 5.74) is 2.02. The summed E-state index contributed by atoms with van der Waals surface area (Å²) in [6.07, 6.45) is 1.57. The van der Waals surface area contributed by atoms with Crippen LogP contribution in [0, 0.1) is 17.1 Å². The molecule has 1 N–H and O–H groups in total. The predicted molar refractivity (Wildman–Crippen MR) is 67.7 cm³/mol. The van der Waals surface area contributed by atoms with Gasteiger partial charge in [-0.15, -0.1) is 0 Å². The van der Waals surface area contributed by atoms with Gasteiger partial charge in [0.2, 0.25) is 0 Å². The Morgan fingerprint density at radius 3 is 2.78 bits per heavy atom. The molecule has 18 heavy (non-hydrogen) atoms. The van der Waals surface area contributed by atoms with E-state index in [2.05, 4.69) is 10.3 Å². The highest BCUT2D eigenvalue weighted by Crippen LogP contribution is 2.17. The van der Waals surface area contributed by atoms with Gasteiger partial charge in [-0.3, -0.25) is 0 Å². The SMILES string of the molecule is N#Cc1ccc(NCc2ccc(F)c(Cl)c2)cn1. The summed E-state index contributed by atoms with van der Waals surface area (Å²) >= 11 is 5.68. The molecule has 3 nitrogen and oxygen atoms in total. The third kappa shape index (κ3) is 2.96. The highest BCUT2D eigenvalue weighted by Gasteiger charge is 2.01. The number of hydrogen-bond acceptors (Lipinski definition) is 3. The average molecular weight is 262 g/mol. The predicted octanol–water partition coefficient (Wildman–Crippen LogP) is 3.36. The molecule has 5 heteroatoms. The first kappa shape index (κ1) is 12.3. The Balaban J connectivity index is 2.02. The molecule has 1 heterocycles. The van der Waals surface area contributed by atoms with E-state index < -0.39 is 5.82 Å². The van der Waals surface area contributed by atoms with Gasteiger partial charge in [0.05, 0.1) is 16.9 Å². The number of aromatic nitrogens is 1. The van der Waals surface area contributed by atoms with Crippen LogP contribution in [0.2, 0.25) is 5.02 Å². The molecule has 0 fully saturated rings. The number of nitrogens with one attached hydrogen (secondary N) is 1. The highest BCUT2D eigenvalue weighted by atomic mass is 35.5. The minimum Gasteiger partial charge on any atom is -0.380 e. The first-order valence-corrected chi connectivity index (χ1v) is 5.61. The number of hydrogen-bond donors (Lipinski definition) is 1. The van der Waals surface area contributed by atoms with Crippen molar-refractivity contribution in [3.8, 4) is 6.07 Å². The smallest absolute Gasteiger partial charge is 0.141 e. The van der Waals surface area contributed by atoms with Crippen LogP contribution in [0.15, 0.2) is 36.5 Å². The molecule has 0 saturated heterocycles. The fraction of sp³-hybridized carbons (Fsp3) is 0.0769. The van der Waals surface area contributed by atoms with E-state index in [0.717, 1.165) is 11.3 Å². The molecule has 0 amide bonds. The third-order valence-electron chi connectivity index (χ3n) is 2.36. The van der Waals surface area contributed by atoms with Gasteiger partial charge in [0.25, 0.3) is 0 Å². The number of anilines is 1. The molecule has 0 spiro atoms. The van der Waals surface area contributed by atoms with Gasteiger partial charge in [-0.2, -0.15) is 5.26 Å². The van der Waals surface area contributed by atoms with Crippen molar-refractivity contribution in [2.75, 3.05) is 5.32 Å². The van der Waals surface area contributed by atoms with Crippen molar-refractivity contribution in [3.05, 3.63) is 58.6 Å². The zero-order valence-corrected chi connectivity index (χ0v) is 10.1. The number of rotatable bonds is 3. The Bertz CT molecular complexity index is 590. The molecule has 2 aromatic rings. The molecule has 0 aliphatic heterocycles. The van der Waals surface area contributed by atoms with Crippen LogP contribution < -0.4 is 5.32 Å². The van der Waals surface area contributed by atoms with Crippen molar-refractivity contribution in [1.82, 2.24) is 4.98 Å². The maximum atomic E-state index is 13.0. The van der Waals surface area contributed by atoms with E-state index in [1.165, 1.54) is 6.07 Å². The number of halogens is 2. The Morgan fingerprint density at radius 1 is 1.33 bits per heavy atom. The number of benzene rings is 1. The lowest BCUT2D eigenvalue weighted by Crippen LogP contribution is -2.00. The van der Waals surface area contributed by atoms with E-state index in [1.54, 1.807) is 30.5 Å². The molecule has 0 atom stereocenters. The summed E-state index contributed by atoms with van der Waals surface area (Å²) in [5, 5.41) is 11.8. The summed E-state index contributed by atoms with van der Waals surface area (Å²) < 4.78 is 13.0. The van der Waals surface area contributed by atoms with Gasteiger partial charge in [-0.05, 0) is 29.8 Å². The summed E-state index contributed by atoms with van der Waals surface area (Å²) in [4.78, 5) is 3.93. The molecule has 0 aliphatic rings. The standard InChI is InChI=1S/C13H9ClFN3/c14-12-5-9(1-4-13(12)15)7-17-11-3-2-10(6-16)18-8-11/h1-5,8,17H,7H2. The van der Waals surface area contributed by atoms with E-state index in [0.29, 0.717) is 12.2 Å². The summed E-state index contributed by atoms with van der Waals surface area (Å²) in [7, 11) is 0. The van der Waals surface area contributed by atoms with Gasteiger partial charge in [0, 0.05) is 6.54 Å². The second-order valence-corrected chi connectivity index (χ2v) is 4.05. The number of nitriles is 1. The quantitative estimate of drug-likeness (QED) is 0.922. The lowest BCUT2D eigenvalue weighted by atomic mass is 10.2. The Kier molecular flexibility index (Phi) is 3.75. The Labute approximate surface area is 109 Å². The fourth-order valence-corrected chi connectivity index (χ4v) is 1.62. The maximum absolute atomic E-state index is 13.0. The van der Waals surface area contributed by atoms with Gasteiger partial charge < -0.3 is 5.32 Å². The van der Waals surface area contributed by atoms with Crippen LogP contribution in [0.4, 0.5) is 10.1 Å². The van der Waals surface area contributed by atoms with E-state index in [9.17, 15) is 4.39 Å². The molecule has 0 aliphatic carbocycles. The van der Waals surface area contributed by atoms with Crippen LogP contribution >= 0.6 is 11.6 Å². The Hall–Kier alpha value is -2.12. The van der Waals surface area contributed by atoms with Crippen molar-refractivity contribution >= 4 is 17.3 Å². The van der Waals surface area contributed by atoms with Crippen molar-refractivity contribution < 1.29 is 4.39 Å². The van der Waals surface area contributed by atoms with Crippen molar-refractivity contribution in [3.63, 3.8) is 0 Å². The summed E-state index contributed by atoms with van der Waals surface area (Å²) in [5.74, 6) is -0.430. The first-order chi connectivity index (χ1) is 8.69. The van der Waals surface area contributed by atoms with E-state index in [1.807, 2.05) is 6.07 Å². The van der Waals surface area contributed by atoms with Crippen molar-refractivity contribution in [2.24, 2.45) is 0 Å². The second kappa shape index (κ2) is 5.48. The molecular formula is C13H9ClFN3. The van der Waals surface area contributed by atoms with E-state index in [-0.39, 0.29) is 5.02 Å². The average Bonchev–Trinajstić information content (AvgIpc) is 2.41. The monoisotopic (exact) mass is 261 g/mol. The van der Waals surface area contributed by atoms with Gasteiger partial charge in [0.1, 0.15) is 17.6 Å². The van der Waals surface area contributed by atoms with Crippen LogP contribution in [0.25, 0.3) is 0 Å². The van der Waals surface area contributed by atoms with Crippen LogP contribution in [-0.4, -0.2) is 4.98 Å². The van der Waals surface area contributed by atoms with Gasteiger partial charge in [-0.25, -0.2) is 9.37 Å². The second-order valence-electron chi connectivity index (χ2n) is 3.65. The van der Waals surface area contributed by atoms with Crippen LogP contribution in [0.1, 0.15) is 11.3 Å². The molecule has 0 unspecified atom stereocenters. The van der Waals surface area contributed by atoms with Crippen LogP contribution in [0.5, 0.6) is 0 Å². The third-order valence-corrected chi connectivity index (χ3v) is 2.65. The lowest BCUT2D eigenvalue weighted by Gasteiger charge is -2.06. The topological polar surface area (TPSA) is 48.7 Å². The van der Waals surface area contributed by atoms with E-state index >= 15 is 0 Å². The van der Waals surface area contributed by atoms with Crippen molar-refractivity contribution in [2.45, 2.75) is 6.54 Å². The molecule has 0 bridgehead atoms. The Morgan fingerprint density at radius 2 is 2.17 bits per heavy atom. The molecule has 90 valence electrons. The maximum Gasteiger partial charge on any atom is 0.141 e. The van der Waals surface area contributed by atoms with Gasteiger partial charge in [-0.1, -0.05) is 17.7 Å². The molecular weight excluding hydrogens is 253 g/mol. The molecule has 0 radical (unpaired) electrons. The molecule has 1 aromatic carbocycles. The normalized spacial score (nSPS) is 9.83. The largest absolute Gasteiger partial charge is 0.380 e. The summed E-state index contributed by atoms with van der Waals surface area (Å²) in [6, 6.07) is 9.89. The number of nitrogens with zero attached hydrogens (tertiary/aromatic N) is 2. The molecule has 2 rings (SSSR count). The molecule has 0 saturated carbocycles. The van der Waals surface area contributed by atoms with Crippen LogP contribution in [0.3, 0.4) is 0 Å². The highest BCUT2D eigenvalue weighted by molar-refractivity contribution is 6.30. The van der Waals surface area contributed by atoms with Gasteiger partial charge >= 0.3 is 0 Å². The summed E-state index contributed by atoms with van der Waals surface area (Å²) in [6.45, 7) is 0.508. The van der Waals surface area contributed by atoms with Crippen LogP contribution in [-0.2, 0) is 6.54 Å². The molecule has 1 aromatic heterocycles. The minimum absolute atomic E-state index is 0.104. The van der Waals surface area contributed by atoms with E-state index in [4.69, 9.17) is 16.9 Å². The van der Waals surface area contributed by atoms with Gasteiger partial charge in [0.15, 0.2) is 0 Å². The van der Waals surface area contributed by atoms with Crippen molar-refractivity contribution in [1.29, 1.82) is 5.26 Å². The fourth-order valence-electron chi connectivity index (χ4n) is 1.42. The lowest BCUT2D eigenvalue weighted by molar-refractivity contribution is 0.627. The zero-order chi connectivity index (χ0) is 13.0.